The Hall–Kier alpha value is -1.78. The standard InChI is InChI=1S/C8H6N3.C5H8O2.Ir/c1-2-4-10-8(3-1)11-6-5-9-7-11;1-4(6)3-5(2)7;/h1-6H;3,6H,1-2H3;/q-1;;/b;4-3-;. The van der Waals surface area contributed by atoms with Gasteiger partial charge >= 0.3 is 0 Å². The molecule has 0 aliphatic rings. The first-order valence-corrected chi connectivity index (χ1v) is 5.30. The summed E-state index contributed by atoms with van der Waals surface area (Å²) in [5.41, 5.74) is 0. The Kier molecular flexibility index (Phi) is 8.33. The summed E-state index contributed by atoms with van der Waals surface area (Å²) in [5, 5.41) is 8.36. The minimum absolute atomic E-state index is 0. The van der Waals surface area contributed by atoms with Gasteiger partial charge in [0.05, 0.1) is 11.6 Å². The Morgan fingerprint density at radius 1 is 1.37 bits per heavy atom. The van der Waals surface area contributed by atoms with Crippen LogP contribution in [0.15, 0.2) is 48.6 Å². The second-order valence-electron chi connectivity index (χ2n) is 3.48. The van der Waals surface area contributed by atoms with Gasteiger partial charge in [0.2, 0.25) is 0 Å². The second kappa shape index (κ2) is 9.19. The SMILES string of the molecule is CC(=O)/C=C(/C)O.[Ir].[c-]1nccn1-c1ccccn1. The Morgan fingerprint density at radius 3 is 2.47 bits per heavy atom. The van der Waals surface area contributed by atoms with E-state index < -0.39 is 0 Å². The number of aliphatic hydroxyl groups is 1. The van der Waals surface area contributed by atoms with E-state index in [1.54, 1.807) is 17.0 Å². The van der Waals surface area contributed by atoms with Gasteiger partial charge in [-0.05, 0) is 19.9 Å². The quantitative estimate of drug-likeness (QED) is 0.445. The summed E-state index contributed by atoms with van der Waals surface area (Å²) in [5.74, 6) is 0.775. The van der Waals surface area contributed by atoms with Crippen LogP contribution in [0.5, 0.6) is 0 Å². The molecule has 0 bridgehead atoms. The van der Waals surface area contributed by atoms with Crippen LogP contribution in [0.2, 0.25) is 0 Å². The van der Waals surface area contributed by atoms with Crippen molar-refractivity contribution in [3.05, 3.63) is 55.0 Å². The number of hydrogen-bond donors (Lipinski definition) is 1. The van der Waals surface area contributed by atoms with Crippen molar-refractivity contribution in [2.45, 2.75) is 13.8 Å². The average molecular weight is 436 g/mol. The third-order valence-corrected chi connectivity index (χ3v) is 1.76. The van der Waals surface area contributed by atoms with Crippen molar-refractivity contribution >= 4 is 5.78 Å². The van der Waals surface area contributed by atoms with Gasteiger partial charge in [-0.3, -0.25) is 9.78 Å². The molecule has 19 heavy (non-hydrogen) atoms. The molecule has 0 fully saturated rings. The molecule has 0 spiro atoms. The first-order valence-electron chi connectivity index (χ1n) is 5.30. The molecule has 1 radical (unpaired) electrons. The number of carbonyl (C=O) groups is 1. The molecule has 6 heteroatoms. The van der Waals surface area contributed by atoms with Gasteiger partial charge < -0.3 is 14.7 Å². The number of allylic oxidation sites excluding steroid dienone is 2. The van der Waals surface area contributed by atoms with Crippen LogP contribution < -0.4 is 0 Å². The zero-order valence-corrected chi connectivity index (χ0v) is 13.0. The van der Waals surface area contributed by atoms with E-state index in [2.05, 4.69) is 16.3 Å². The molecule has 0 aliphatic heterocycles. The second-order valence-corrected chi connectivity index (χ2v) is 3.48. The van der Waals surface area contributed by atoms with Gasteiger partial charge in [-0.1, -0.05) is 24.5 Å². The van der Waals surface area contributed by atoms with Crippen molar-refractivity contribution in [1.29, 1.82) is 0 Å². The molecule has 2 rings (SSSR count). The number of hydrogen-bond acceptors (Lipinski definition) is 4. The van der Waals surface area contributed by atoms with Crippen molar-refractivity contribution in [2.75, 3.05) is 0 Å². The van der Waals surface area contributed by atoms with E-state index in [0.29, 0.717) is 0 Å². The molecule has 2 heterocycles. The number of imidazole rings is 1. The summed E-state index contributed by atoms with van der Waals surface area (Å²) in [4.78, 5) is 17.9. The van der Waals surface area contributed by atoms with Gasteiger partial charge in [-0.25, -0.2) is 0 Å². The summed E-state index contributed by atoms with van der Waals surface area (Å²) in [6.45, 7) is 2.85. The van der Waals surface area contributed by atoms with Crippen molar-refractivity contribution in [3.63, 3.8) is 0 Å². The van der Waals surface area contributed by atoms with Crippen molar-refractivity contribution in [2.24, 2.45) is 0 Å². The Balaban J connectivity index is 0.000000360. The summed E-state index contributed by atoms with van der Waals surface area (Å²) in [6, 6.07) is 5.70. The molecule has 0 unspecified atom stereocenters. The van der Waals surface area contributed by atoms with Crippen LogP contribution in [0.1, 0.15) is 13.8 Å². The van der Waals surface area contributed by atoms with Crippen LogP contribution >= 0.6 is 0 Å². The first-order chi connectivity index (χ1) is 8.59. The Morgan fingerprint density at radius 2 is 2.11 bits per heavy atom. The Labute approximate surface area is 125 Å². The number of aromatic nitrogens is 3. The number of pyridine rings is 1. The smallest absolute Gasteiger partial charge is 0.155 e. The maximum Gasteiger partial charge on any atom is 0.155 e. The third-order valence-electron chi connectivity index (χ3n) is 1.76. The number of ketones is 1. The minimum atomic E-state index is -0.125. The van der Waals surface area contributed by atoms with E-state index in [9.17, 15) is 4.79 Å². The summed E-state index contributed by atoms with van der Waals surface area (Å²) in [6.07, 6.45) is 9.15. The number of nitrogens with zero attached hydrogens (tertiary/aromatic N) is 3. The number of rotatable bonds is 2. The summed E-state index contributed by atoms with van der Waals surface area (Å²) >= 11 is 0. The molecule has 0 saturated carbocycles. The minimum Gasteiger partial charge on any atom is -0.512 e. The molecule has 0 atom stereocenters. The summed E-state index contributed by atoms with van der Waals surface area (Å²) < 4.78 is 1.74. The van der Waals surface area contributed by atoms with Gasteiger partial charge in [0.25, 0.3) is 0 Å². The molecule has 2 aromatic heterocycles. The fraction of sp³-hybridized carbons (Fsp3) is 0.154. The number of aliphatic hydroxyl groups excluding tert-OH is 1. The van der Waals surface area contributed by atoms with Crippen LogP contribution in [-0.2, 0) is 24.9 Å². The third kappa shape index (κ3) is 7.28. The molecule has 103 valence electrons. The van der Waals surface area contributed by atoms with E-state index in [-0.39, 0.29) is 31.6 Å². The molecule has 0 saturated heterocycles. The largest absolute Gasteiger partial charge is 0.512 e. The van der Waals surface area contributed by atoms with E-state index in [1.165, 1.54) is 19.9 Å². The van der Waals surface area contributed by atoms with E-state index in [1.807, 2.05) is 24.4 Å². The van der Waals surface area contributed by atoms with Crippen LogP contribution in [0.4, 0.5) is 0 Å². The molecular weight excluding hydrogens is 422 g/mol. The topological polar surface area (TPSA) is 68.0 Å². The average Bonchev–Trinajstić information content (AvgIpc) is 2.82. The maximum atomic E-state index is 10.0. The number of carbonyl (C=O) groups excluding carboxylic acids is 1. The van der Waals surface area contributed by atoms with Crippen LogP contribution in [0.3, 0.4) is 0 Å². The van der Waals surface area contributed by atoms with Crippen LogP contribution in [0, 0.1) is 6.33 Å². The molecule has 0 aromatic carbocycles. The molecular formula is C13H14IrN3O2-. The Bertz CT molecular complexity index is 506. The molecule has 2 aromatic rings. The fourth-order valence-corrected chi connectivity index (χ4v) is 1.15. The molecule has 0 aliphatic carbocycles. The van der Waals surface area contributed by atoms with Crippen molar-refractivity contribution in [1.82, 2.24) is 14.5 Å². The monoisotopic (exact) mass is 437 g/mol. The van der Waals surface area contributed by atoms with Crippen molar-refractivity contribution < 1.29 is 30.0 Å². The zero-order valence-electron chi connectivity index (χ0n) is 10.6. The van der Waals surface area contributed by atoms with E-state index in [0.717, 1.165) is 5.82 Å². The molecule has 1 N–H and O–H groups in total. The summed E-state index contributed by atoms with van der Waals surface area (Å²) in [7, 11) is 0. The van der Waals surface area contributed by atoms with Gasteiger partial charge in [-0.15, -0.1) is 0 Å². The molecule has 5 nitrogen and oxygen atoms in total. The van der Waals surface area contributed by atoms with Gasteiger partial charge in [0.15, 0.2) is 5.78 Å². The fourth-order valence-electron chi connectivity index (χ4n) is 1.15. The van der Waals surface area contributed by atoms with Crippen LogP contribution in [0.25, 0.3) is 5.82 Å². The van der Waals surface area contributed by atoms with E-state index in [4.69, 9.17) is 5.11 Å². The van der Waals surface area contributed by atoms with Crippen LogP contribution in [-0.4, -0.2) is 25.4 Å². The first kappa shape index (κ1) is 17.2. The van der Waals surface area contributed by atoms with Crippen molar-refractivity contribution in [3.8, 4) is 5.82 Å². The predicted molar refractivity (Wildman–Crippen MR) is 67.3 cm³/mol. The van der Waals surface area contributed by atoms with E-state index >= 15 is 0 Å². The van der Waals surface area contributed by atoms with Gasteiger partial charge in [-0.2, -0.15) is 0 Å². The predicted octanol–water partition coefficient (Wildman–Crippen LogP) is 2.10. The van der Waals surface area contributed by atoms with Gasteiger partial charge in [0, 0.05) is 38.7 Å². The zero-order chi connectivity index (χ0) is 13.4. The maximum absolute atomic E-state index is 10.0. The molecule has 0 amide bonds. The normalized spacial score (nSPS) is 9.89. The van der Waals surface area contributed by atoms with Gasteiger partial charge in [0.1, 0.15) is 0 Å².